The van der Waals surface area contributed by atoms with Crippen molar-refractivity contribution in [3.8, 4) is 56.5 Å². The van der Waals surface area contributed by atoms with E-state index in [2.05, 4.69) is 32.6 Å². The Morgan fingerprint density at radius 3 is 1.76 bits per heavy atom. The molecule has 1 fully saturated rings. The Bertz CT molecular complexity index is 2500. The fourth-order valence-corrected chi connectivity index (χ4v) is 10.7. The predicted molar refractivity (Wildman–Crippen MR) is 252 cm³/mol. The van der Waals surface area contributed by atoms with Crippen LogP contribution in [0.3, 0.4) is 0 Å². The molecule has 0 radical (unpaired) electrons. The topological polar surface area (TPSA) is 84.7 Å². The van der Waals surface area contributed by atoms with Crippen LogP contribution in [0.25, 0.3) is 39.1 Å². The van der Waals surface area contributed by atoms with E-state index >= 15 is 0 Å². The van der Waals surface area contributed by atoms with Crippen molar-refractivity contribution in [1.29, 1.82) is 0 Å². The molecule has 0 bridgehead atoms. The van der Waals surface area contributed by atoms with Crippen molar-refractivity contribution in [2.75, 3.05) is 0 Å². The number of rotatable bonds is 10. The van der Waals surface area contributed by atoms with Crippen molar-refractivity contribution in [3.63, 3.8) is 0 Å². The number of aromatic hydroxyl groups is 2. The Morgan fingerprint density at radius 2 is 1.11 bits per heavy atom. The highest BCUT2D eigenvalue weighted by atomic mass is 16.5. The molecule has 2 N–H and O–H groups in total. The average Bonchev–Trinajstić information content (AvgIpc) is 3.28. The lowest BCUT2D eigenvalue weighted by atomic mass is 9.78. The number of aromatic nitrogens is 2. The molecule has 9 rings (SSSR count). The maximum Gasteiger partial charge on any atom is 0.149 e. The number of aryl methyl sites for hydroxylation is 2. The van der Waals surface area contributed by atoms with Gasteiger partial charge >= 0.3 is 0 Å². The van der Waals surface area contributed by atoms with E-state index in [0.717, 1.165) is 92.0 Å². The summed E-state index contributed by atoms with van der Waals surface area (Å²) >= 11 is 0. The number of hydrogen-bond donors (Lipinski definition) is 2. The van der Waals surface area contributed by atoms with Crippen molar-refractivity contribution in [1.82, 2.24) is 9.97 Å². The third kappa shape index (κ3) is 8.58. The van der Waals surface area contributed by atoms with Crippen molar-refractivity contribution < 1.29 is 19.7 Å². The molecule has 6 heteroatoms. The maximum absolute atomic E-state index is 12.1. The molecule has 0 saturated heterocycles. The fourth-order valence-electron chi connectivity index (χ4n) is 10.7. The SMILES string of the molecule is C=C1CCCCC/C=C2/CCCCC2=C1c1nccc(-c2ccccc2OC(C)C[C@@H](C)Oc2ccccc2-c2ccnc(-c3c4c(cc5c3CCCC5)CCCC4)c2O)c1O. The van der Waals surface area contributed by atoms with E-state index in [1.54, 1.807) is 0 Å². The highest BCUT2D eigenvalue weighted by Gasteiger charge is 2.28. The molecule has 0 spiro atoms. The maximum atomic E-state index is 12.1. The number of fused-ring (bicyclic) bond motifs is 3. The summed E-state index contributed by atoms with van der Waals surface area (Å²) in [6.45, 7) is 8.71. The van der Waals surface area contributed by atoms with Gasteiger partial charge in [0, 0.05) is 52.2 Å². The molecule has 6 nitrogen and oxygen atoms in total. The van der Waals surface area contributed by atoms with Crippen LogP contribution in [0.5, 0.6) is 23.0 Å². The molecule has 62 heavy (non-hydrogen) atoms. The minimum atomic E-state index is -0.212. The van der Waals surface area contributed by atoms with E-state index in [-0.39, 0.29) is 23.7 Å². The van der Waals surface area contributed by atoms with E-state index in [1.807, 2.05) is 73.1 Å². The average molecular weight is 827 g/mol. The van der Waals surface area contributed by atoms with Gasteiger partial charge in [0.2, 0.25) is 0 Å². The van der Waals surface area contributed by atoms with Gasteiger partial charge < -0.3 is 19.7 Å². The third-order valence-electron chi connectivity index (χ3n) is 13.7. The minimum Gasteiger partial charge on any atom is -0.505 e. The van der Waals surface area contributed by atoms with E-state index < -0.39 is 0 Å². The van der Waals surface area contributed by atoms with E-state index in [4.69, 9.17) is 19.4 Å². The number of ether oxygens (including phenoxy) is 2. The number of para-hydroxylation sites is 2. The lowest BCUT2D eigenvalue weighted by Crippen LogP contribution is -2.23. The van der Waals surface area contributed by atoms with Crippen LogP contribution in [0.1, 0.15) is 132 Å². The zero-order valence-electron chi connectivity index (χ0n) is 36.8. The van der Waals surface area contributed by atoms with Crippen LogP contribution in [0.4, 0.5) is 0 Å². The second-order valence-electron chi connectivity index (χ2n) is 18.1. The normalized spacial score (nSPS) is 18.7. The Balaban J connectivity index is 0.960. The molecule has 5 aromatic rings. The van der Waals surface area contributed by atoms with Gasteiger partial charge in [-0.05, 0) is 180 Å². The van der Waals surface area contributed by atoms with Crippen LogP contribution in [0, 0.1) is 0 Å². The smallest absolute Gasteiger partial charge is 0.149 e. The summed E-state index contributed by atoms with van der Waals surface area (Å²) in [5.41, 5.74) is 16.0. The van der Waals surface area contributed by atoms with Gasteiger partial charge in [0.25, 0.3) is 0 Å². The summed E-state index contributed by atoms with van der Waals surface area (Å²) in [4.78, 5) is 9.72. The largest absolute Gasteiger partial charge is 0.505 e. The summed E-state index contributed by atoms with van der Waals surface area (Å²) in [6.07, 6.45) is 25.2. The van der Waals surface area contributed by atoms with Crippen LogP contribution in [0.2, 0.25) is 0 Å². The molecule has 2 atom stereocenters. The molecule has 0 aliphatic heterocycles. The van der Waals surface area contributed by atoms with E-state index in [9.17, 15) is 10.2 Å². The molecule has 1 saturated carbocycles. The molecule has 1 unspecified atom stereocenters. The Labute approximate surface area is 368 Å². The van der Waals surface area contributed by atoms with Crippen molar-refractivity contribution in [2.45, 2.75) is 142 Å². The predicted octanol–water partition coefficient (Wildman–Crippen LogP) is 14.0. The van der Waals surface area contributed by atoms with Crippen LogP contribution < -0.4 is 9.47 Å². The number of hydrogen-bond acceptors (Lipinski definition) is 6. The highest BCUT2D eigenvalue weighted by molar-refractivity contribution is 5.89. The molecule has 4 aliphatic rings. The van der Waals surface area contributed by atoms with Gasteiger partial charge in [-0.25, -0.2) is 0 Å². The summed E-state index contributed by atoms with van der Waals surface area (Å²) in [5, 5.41) is 24.3. The molecule has 2 aromatic heterocycles. The highest BCUT2D eigenvalue weighted by Crippen LogP contribution is 2.48. The van der Waals surface area contributed by atoms with Crippen LogP contribution in [-0.4, -0.2) is 32.4 Å². The summed E-state index contributed by atoms with van der Waals surface area (Å²) in [7, 11) is 0. The zero-order chi connectivity index (χ0) is 42.6. The fraction of sp³-hybridized carbons (Fsp3) is 0.393. The van der Waals surface area contributed by atoms with Gasteiger partial charge in [-0.2, -0.15) is 0 Å². The van der Waals surface area contributed by atoms with E-state index in [1.165, 1.54) is 83.9 Å². The lowest BCUT2D eigenvalue weighted by Gasteiger charge is -2.28. The summed E-state index contributed by atoms with van der Waals surface area (Å²) < 4.78 is 13.4. The monoisotopic (exact) mass is 826 g/mol. The van der Waals surface area contributed by atoms with Gasteiger partial charge in [0.1, 0.15) is 34.4 Å². The molecule has 0 amide bonds. The third-order valence-corrected chi connectivity index (χ3v) is 13.7. The van der Waals surface area contributed by atoms with Gasteiger partial charge in [-0.1, -0.05) is 61.5 Å². The molecule has 3 aromatic carbocycles. The first-order chi connectivity index (χ1) is 30.4. The second-order valence-corrected chi connectivity index (χ2v) is 18.1. The standard InChI is InChI=1S/C56H62N2O4/c1-36-18-6-4-5-7-19-39-20-8-11-23-42(39)51(36)53-55(59)47(30-32-57-53)45-26-14-16-28-49(45)61-37(2)34-38(3)62-50-29-17-15-27-46(50)48-31-33-58-54(56(48)60)52-43-24-12-9-21-40(43)35-41-22-10-13-25-44(41)52/h14-17,19,26-33,35,37-38,59-60H,1,4-13,18,20-25,34H2,2-3H3/b39-19-,51-42?/t37?,38-/m1/s1. The van der Waals surface area contributed by atoms with Crippen molar-refractivity contribution in [2.24, 2.45) is 0 Å². The second kappa shape index (κ2) is 18.8. The van der Waals surface area contributed by atoms with E-state index in [0.29, 0.717) is 34.9 Å². The Kier molecular flexibility index (Phi) is 12.6. The van der Waals surface area contributed by atoms with Crippen molar-refractivity contribution in [3.05, 3.63) is 136 Å². The molecule has 4 aliphatic carbocycles. The number of allylic oxidation sites excluding steroid dienone is 5. The summed E-state index contributed by atoms with van der Waals surface area (Å²) in [6, 6.07) is 22.2. The molecular formula is C56H62N2O4. The number of nitrogens with zero attached hydrogens (tertiary/aromatic N) is 2. The van der Waals surface area contributed by atoms with Crippen molar-refractivity contribution >= 4 is 5.57 Å². The quantitative estimate of drug-likeness (QED) is 0.146. The van der Waals surface area contributed by atoms with Crippen LogP contribution >= 0.6 is 0 Å². The number of pyridine rings is 2. The molecule has 2 heterocycles. The lowest BCUT2D eigenvalue weighted by molar-refractivity contribution is 0.131. The first-order valence-corrected chi connectivity index (χ1v) is 23.5. The van der Waals surface area contributed by atoms with Crippen LogP contribution in [0.15, 0.2) is 108 Å². The minimum absolute atomic E-state index is 0.171. The van der Waals surface area contributed by atoms with Gasteiger partial charge in [-0.15, -0.1) is 0 Å². The first kappa shape index (κ1) is 41.7. The number of benzene rings is 3. The first-order valence-electron chi connectivity index (χ1n) is 23.5. The zero-order valence-corrected chi connectivity index (χ0v) is 36.8. The molecular weight excluding hydrogens is 765 g/mol. The van der Waals surface area contributed by atoms with Gasteiger partial charge in [0.15, 0.2) is 0 Å². The van der Waals surface area contributed by atoms with Crippen LogP contribution in [-0.2, 0) is 25.7 Å². The Hall–Kier alpha value is -5.62. The Morgan fingerprint density at radius 1 is 0.581 bits per heavy atom. The van der Waals surface area contributed by atoms with Gasteiger partial charge in [-0.3, -0.25) is 9.97 Å². The van der Waals surface area contributed by atoms with Gasteiger partial charge in [0.05, 0.1) is 12.2 Å². The molecule has 320 valence electrons. The summed E-state index contributed by atoms with van der Waals surface area (Å²) in [5.74, 6) is 1.79.